The van der Waals surface area contributed by atoms with Gasteiger partial charge >= 0.3 is 0 Å². The smallest absolute Gasteiger partial charge is 0.153 e. The summed E-state index contributed by atoms with van der Waals surface area (Å²) in [4.78, 5) is 3.83. The van der Waals surface area contributed by atoms with Crippen molar-refractivity contribution in [2.45, 2.75) is 0 Å². The van der Waals surface area contributed by atoms with E-state index in [0.29, 0.717) is 21.7 Å². The Morgan fingerprint density at radius 3 is 2.82 bits per heavy atom. The monoisotopic (exact) mass is 316 g/mol. The van der Waals surface area contributed by atoms with Gasteiger partial charge in [0, 0.05) is 18.3 Å². The molecule has 0 aliphatic rings. The summed E-state index contributed by atoms with van der Waals surface area (Å²) in [5.41, 5.74) is 6.03. The molecular formula is C11H7BrClFN2O. The number of halogens is 3. The number of rotatable bonds is 2. The number of pyridine rings is 1. The Bertz CT molecular complexity index is 565. The van der Waals surface area contributed by atoms with Crippen LogP contribution in [0.4, 0.5) is 10.1 Å². The highest BCUT2D eigenvalue weighted by Gasteiger charge is 2.10. The molecule has 0 fully saturated rings. The fraction of sp³-hybridized carbons (Fsp3) is 0. The fourth-order valence-electron chi connectivity index (χ4n) is 1.19. The second-order valence-electron chi connectivity index (χ2n) is 3.21. The van der Waals surface area contributed by atoms with Crippen LogP contribution in [0, 0.1) is 5.82 Å². The van der Waals surface area contributed by atoms with Crippen molar-refractivity contribution < 1.29 is 9.13 Å². The Kier molecular flexibility index (Phi) is 3.49. The lowest BCUT2D eigenvalue weighted by atomic mass is 10.3. The van der Waals surface area contributed by atoms with Gasteiger partial charge in [0.2, 0.25) is 0 Å². The van der Waals surface area contributed by atoms with Crippen molar-refractivity contribution in [3.8, 4) is 11.5 Å². The highest BCUT2D eigenvalue weighted by molar-refractivity contribution is 9.10. The van der Waals surface area contributed by atoms with E-state index < -0.39 is 5.82 Å². The average Bonchev–Trinajstić information content (AvgIpc) is 2.29. The van der Waals surface area contributed by atoms with Crippen molar-refractivity contribution >= 4 is 33.2 Å². The predicted octanol–water partition coefficient (Wildman–Crippen LogP) is 4.01. The summed E-state index contributed by atoms with van der Waals surface area (Å²) in [5.74, 6) is 0.143. The van der Waals surface area contributed by atoms with Gasteiger partial charge in [-0.2, -0.15) is 0 Å². The molecule has 0 bridgehead atoms. The lowest BCUT2D eigenvalue weighted by Gasteiger charge is -2.10. The first kappa shape index (κ1) is 12.1. The second-order valence-corrected chi connectivity index (χ2v) is 4.47. The van der Waals surface area contributed by atoms with Crippen LogP contribution in [0.3, 0.4) is 0 Å². The van der Waals surface area contributed by atoms with E-state index in [1.54, 1.807) is 6.07 Å². The van der Waals surface area contributed by atoms with Crippen LogP contribution >= 0.6 is 27.5 Å². The van der Waals surface area contributed by atoms with E-state index in [2.05, 4.69) is 20.9 Å². The van der Waals surface area contributed by atoms with Gasteiger partial charge in [-0.3, -0.25) is 4.98 Å². The molecule has 1 aromatic carbocycles. The molecule has 2 N–H and O–H groups in total. The Morgan fingerprint density at radius 1 is 1.35 bits per heavy atom. The van der Waals surface area contributed by atoms with Crippen molar-refractivity contribution in [3.63, 3.8) is 0 Å². The molecule has 2 aromatic rings. The van der Waals surface area contributed by atoms with Crippen molar-refractivity contribution in [3.05, 3.63) is 45.9 Å². The molecule has 1 aromatic heterocycles. The molecule has 0 aliphatic heterocycles. The third-order valence-electron chi connectivity index (χ3n) is 2.00. The van der Waals surface area contributed by atoms with Crippen molar-refractivity contribution in [1.82, 2.24) is 4.98 Å². The number of nitrogens with two attached hydrogens (primary N) is 1. The quantitative estimate of drug-likeness (QED) is 0.851. The van der Waals surface area contributed by atoms with Gasteiger partial charge in [-0.05, 0) is 22.0 Å². The molecule has 2 rings (SSSR count). The van der Waals surface area contributed by atoms with Gasteiger partial charge in [0.15, 0.2) is 5.75 Å². The summed E-state index contributed by atoms with van der Waals surface area (Å²) in [7, 11) is 0. The molecule has 6 heteroatoms. The maximum atomic E-state index is 13.3. The van der Waals surface area contributed by atoms with Gasteiger partial charge in [0.25, 0.3) is 0 Å². The lowest BCUT2D eigenvalue weighted by Crippen LogP contribution is -1.94. The Morgan fingerprint density at radius 2 is 2.12 bits per heavy atom. The summed E-state index contributed by atoms with van der Waals surface area (Å²) in [6, 6.07) is 4.20. The van der Waals surface area contributed by atoms with Crippen LogP contribution in [0.15, 0.2) is 35.1 Å². The van der Waals surface area contributed by atoms with Gasteiger partial charge in [0.05, 0.1) is 21.4 Å². The van der Waals surface area contributed by atoms with E-state index in [0.717, 1.165) is 0 Å². The maximum Gasteiger partial charge on any atom is 0.153 e. The number of anilines is 1. The molecule has 0 unspecified atom stereocenters. The largest absolute Gasteiger partial charge is 0.454 e. The van der Waals surface area contributed by atoms with Gasteiger partial charge in [0.1, 0.15) is 11.6 Å². The van der Waals surface area contributed by atoms with E-state index in [1.165, 1.54) is 24.5 Å². The molecule has 0 atom stereocenters. The number of aromatic nitrogens is 1. The van der Waals surface area contributed by atoms with Gasteiger partial charge in [-0.1, -0.05) is 11.6 Å². The molecule has 88 valence electrons. The van der Waals surface area contributed by atoms with Crippen molar-refractivity contribution in [2.24, 2.45) is 0 Å². The lowest BCUT2D eigenvalue weighted by molar-refractivity contribution is 0.475. The normalized spacial score (nSPS) is 10.3. The molecule has 17 heavy (non-hydrogen) atoms. The molecule has 0 amide bonds. The second kappa shape index (κ2) is 4.89. The number of benzene rings is 1. The number of hydrogen-bond donors (Lipinski definition) is 1. The van der Waals surface area contributed by atoms with Crippen molar-refractivity contribution in [2.75, 3.05) is 5.73 Å². The molecule has 0 spiro atoms. The molecular weight excluding hydrogens is 310 g/mol. The first-order valence-electron chi connectivity index (χ1n) is 4.60. The topological polar surface area (TPSA) is 48.1 Å². The Labute approximate surface area is 110 Å². The summed E-state index contributed by atoms with van der Waals surface area (Å²) in [6.45, 7) is 0. The van der Waals surface area contributed by atoms with Crippen LogP contribution < -0.4 is 10.5 Å². The van der Waals surface area contributed by atoms with E-state index in [1.807, 2.05) is 0 Å². The minimum absolute atomic E-state index is 0.0203. The van der Waals surface area contributed by atoms with Gasteiger partial charge < -0.3 is 10.5 Å². The van der Waals surface area contributed by atoms with E-state index >= 15 is 0 Å². The fourth-order valence-corrected chi connectivity index (χ4v) is 1.91. The summed E-state index contributed by atoms with van der Waals surface area (Å²) < 4.78 is 19.3. The van der Waals surface area contributed by atoms with E-state index in [-0.39, 0.29) is 5.02 Å². The molecule has 0 saturated carbocycles. The van der Waals surface area contributed by atoms with Gasteiger partial charge in [-0.15, -0.1) is 0 Å². The van der Waals surface area contributed by atoms with Crippen LogP contribution in [-0.4, -0.2) is 4.98 Å². The third kappa shape index (κ3) is 2.68. The number of nitrogen functional groups attached to an aromatic ring is 1. The van der Waals surface area contributed by atoms with Crippen LogP contribution in [0.1, 0.15) is 0 Å². The molecule has 0 aliphatic carbocycles. The Hall–Kier alpha value is -1.33. The average molecular weight is 318 g/mol. The summed E-state index contributed by atoms with van der Waals surface area (Å²) in [6.07, 6.45) is 2.99. The zero-order valence-corrected chi connectivity index (χ0v) is 10.8. The predicted molar refractivity (Wildman–Crippen MR) is 67.8 cm³/mol. The van der Waals surface area contributed by atoms with Crippen LogP contribution in [0.2, 0.25) is 5.02 Å². The first-order valence-corrected chi connectivity index (χ1v) is 5.77. The minimum atomic E-state index is -0.558. The highest BCUT2D eigenvalue weighted by Crippen LogP contribution is 2.35. The number of hydrogen-bond acceptors (Lipinski definition) is 3. The van der Waals surface area contributed by atoms with E-state index in [4.69, 9.17) is 22.1 Å². The van der Waals surface area contributed by atoms with Crippen LogP contribution in [-0.2, 0) is 0 Å². The highest BCUT2D eigenvalue weighted by atomic mass is 79.9. The first-order chi connectivity index (χ1) is 8.08. The van der Waals surface area contributed by atoms with E-state index in [9.17, 15) is 4.39 Å². The number of nitrogens with zero attached hydrogens (tertiary/aromatic N) is 1. The SMILES string of the molecule is Nc1cnccc1Oc1cc(F)c(Cl)cc1Br. The molecule has 0 radical (unpaired) electrons. The standard InChI is InChI=1S/C11H7BrClFN2O/c12-6-3-7(13)8(14)4-11(6)17-10-1-2-16-5-9(10)15/h1-5H,15H2. The summed E-state index contributed by atoms with van der Waals surface area (Å²) in [5, 5.41) is 0.0203. The molecule has 1 heterocycles. The zero-order chi connectivity index (χ0) is 12.4. The molecule has 0 saturated heterocycles. The van der Waals surface area contributed by atoms with Gasteiger partial charge in [-0.25, -0.2) is 4.39 Å². The zero-order valence-electron chi connectivity index (χ0n) is 8.45. The minimum Gasteiger partial charge on any atom is -0.454 e. The molecule has 3 nitrogen and oxygen atoms in total. The number of ether oxygens (including phenoxy) is 1. The Balaban J connectivity index is 2.37. The third-order valence-corrected chi connectivity index (χ3v) is 2.91. The van der Waals surface area contributed by atoms with Crippen molar-refractivity contribution in [1.29, 1.82) is 0 Å². The maximum absolute atomic E-state index is 13.3. The summed E-state index contributed by atoms with van der Waals surface area (Å²) >= 11 is 8.86. The van der Waals surface area contributed by atoms with Crippen LogP contribution in [0.25, 0.3) is 0 Å². The van der Waals surface area contributed by atoms with Crippen LogP contribution in [0.5, 0.6) is 11.5 Å².